The Hall–Kier alpha value is -3.02. The third-order valence-corrected chi connectivity index (χ3v) is 4.80. The number of methoxy groups -OCH3 is 2. The van der Waals surface area contributed by atoms with Crippen molar-refractivity contribution in [2.24, 2.45) is 5.92 Å². The Morgan fingerprint density at radius 2 is 1.81 bits per heavy atom. The fourth-order valence-electron chi connectivity index (χ4n) is 3.41. The Balaban J connectivity index is 1.80. The van der Waals surface area contributed by atoms with Crippen LogP contribution in [-0.2, 0) is 9.59 Å². The summed E-state index contributed by atoms with van der Waals surface area (Å²) >= 11 is 0. The van der Waals surface area contributed by atoms with Crippen LogP contribution in [0.1, 0.15) is 13.3 Å². The molecule has 27 heavy (non-hydrogen) atoms. The van der Waals surface area contributed by atoms with Gasteiger partial charge in [0, 0.05) is 37.0 Å². The first kappa shape index (κ1) is 18.8. The van der Waals surface area contributed by atoms with Crippen LogP contribution >= 0.6 is 0 Å². The Morgan fingerprint density at radius 3 is 2.44 bits per heavy atom. The fraction of sp³-hybridized carbons (Fsp3) is 0.333. The average molecular weight is 368 g/mol. The minimum atomic E-state index is -0.370. The van der Waals surface area contributed by atoms with Crippen molar-refractivity contribution in [1.82, 2.24) is 0 Å². The van der Waals surface area contributed by atoms with E-state index in [4.69, 9.17) is 9.47 Å². The summed E-state index contributed by atoms with van der Waals surface area (Å²) in [4.78, 5) is 29.0. The molecule has 0 aliphatic carbocycles. The number of benzene rings is 2. The number of nitrogens with zero attached hydrogens (tertiary/aromatic N) is 2. The van der Waals surface area contributed by atoms with Crippen LogP contribution < -0.4 is 19.3 Å². The molecule has 142 valence electrons. The number of carbonyl (C=O) groups excluding carboxylic acids is 2. The Kier molecular flexibility index (Phi) is 5.64. The molecule has 0 spiro atoms. The van der Waals surface area contributed by atoms with Gasteiger partial charge in [-0.15, -0.1) is 0 Å². The van der Waals surface area contributed by atoms with Gasteiger partial charge in [-0.3, -0.25) is 9.59 Å². The number of ether oxygens (including phenoxy) is 2. The first-order valence-electron chi connectivity index (χ1n) is 8.97. The molecule has 1 fully saturated rings. The Bertz CT molecular complexity index is 822. The summed E-state index contributed by atoms with van der Waals surface area (Å²) in [6.45, 7) is 2.86. The van der Waals surface area contributed by atoms with Gasteiger partial charge in [-0.1, -0.05) is 18.2 Å². The molecule has 0 aromatic heterocycles. The summed E-state index contributed by atoms with van der Waals surface area (Å²) in [7, 11) is 3.12. The molecule has 6 nitrogen and oxygen atoms in total. The van der Waals surface area contributed by atoms with Gasteiger partial charge in [0.15, 0.2) is 11.5 Å². The molecule has 1 heterocycles. The monoisotopic (exact) mass is 368 g/mol. The molecule has 2 aromatic carbocycles. The molecular formula is C21H24N2O4. The predicted molar refractivity (Wildman–Crippen MR) is 104 cm³/mol. The highest BCUT2D eigenvalue weighted by Crippen LogP contribution is 2.34. The summed E-state index contributed by atoms with van der Waals surface area (Å²) in [5, 5.41) is 0. The van der Waals surface area contributed by atoms with Crippen LogP contribution in [0.5, 0.6) is 11.5 Å². The maximum atomic E-state index is 13.0. The molecule has 6 heteroatoms. The van der Waals surface area contributed by atoms with E-state index in [2.05, 4.69) is 0 Å². The summed E-state index contributed by atoms with van der Waals surface area (Å²) in [5.41, 5.74) is 1.55. The third kappa shape index (κ3) is 3.74. The lowest BCUT2D eigenvalue weighted by Crippen LogP contribution is -2.37. The molecule has 1 aliphatic heterocycles. The van der Waals surface area contributed by atoms with Gasteiger partial charge in [0.25, 0.3) is 0 Å². The van der Waals surface area contributed by atoms with Crippen molar-refractivity contribution in [3.05, 3.63) is 48.5 Å². The van der Waals surface area contributed by atoms with E-state index in [1.54, 1.807) is 42.2 Å². The van der Waals surface area contributed by atoms with E-state index in [0.717, 1.165) is 5.69 Å². The quantitative estimate of drug-likeness (QED) is 0.786. The van der Waals surface area contributed by atoms with Crippen LogP contribution in [0.15, 0.2) is 48.5 Å². The van der Waals surface area contributed by atoms with Gasteiger partial charge < -0.3 is 19.3 Å². The van der Waals surface area contributed by atoms with E-state index >= 15 is 0 Å². The zero-order chi connectivity index (χ0) is 19.4. The van der Waals surface area contributed by atoms with Crippen LogP contribution in [0, 0.1) is 5.92 Å². The molecule has 3 rings (SSSR count). The number of hydrogen-bond donors (Lipinski definition) is 0. The molecular weight excluding hydrogens is 344 g/mol. The molecule has 2 aromatic rings. The molecule has 1 unspecified atom stereocenters. The van der Waals surface area contributed by atoms with Crippen LogP contribution in [0.3, 0.4) is 0 Å². The maximum Gasteiger partial charge on any atom is 0.232 e. The summed E-state index contributed by atoms with van der Waals surface area (Å²) in [5.74, 6) is 0.689. The Morgan fingerprint density at radius 1 is 1.11 bits per heavy atom. The molecule has 1 atom stereocenters. The molecule has 2 amide bonds. The molecule has 0 bridgehead atoms. The van der Waals surface area contributed by atoms with Gasteiger partial charge >= 0.3 is 0 Å². The lowest BCUT2D eigenvalue weighted by atomic mass is 10.1. The van der Waals surface area contributed by atoms with E-state index in [9.17, 15) is 9.59 Å². The van der Waals surface area contributed by atoms with Crippen molar-refractivity contribution in [2.45, 2.75) is 13.3 Å². The van der Waals surface area contributed by atoms with Crippen LogP contribution in [-0.4, -0.2) is 39.1 Å². The van der Waals surface area contributed by atoms with Crippen molar-refractivity contribution in [1.29, 1.82) is 0 Å². The van der Waals surface area contributed by atoms with E-state index in [1.807, 2.05) is 37.3 Å². The average Bonchev–Trinajstić information content (AvgIpc) is 3.10. The highest BCUT2D eigenvalue weighted by molar-refractivity contribution is 6.04. The smallest absolute Gasteiger partial charge is 0.232 e. The van der Waals surface area contributed by atoms with Crippen molar-refractivity contribution < 1.29 is 19.1 Å². The summed E-state index contributed by atoms with van der Waals surface area (Å²) in [6, 6.07) is 14.9. The first-order valence-corrected chi connectivity index (χ1v) is 8.97. The highest BCUT2D eigenvalue weighted by atomic mass is 16.5. The normalized spacial score (nSPS) is 16.3. The lowest BCUT2D eigenvalue weighted by molar-refractivity contribution is -0.124. The number of para-hydroxylation sites is 1. The van der Waals surface area contributed by atoms with Crippen molar-refractivity contribution in [3.8, 4) is 11.5 Å². The second-order valence-electron chi connectivity index (χ2n) is 6.36. The number of carbonyl (C=O) groups is 2. The molecule has 0 saturated carbocycles. The molecule has 1 saturated heterocycles. The standard InChI is InChI=1S/C21H24N2O4/c1-4-22(16-8-6-5-7-9-16)21(25)15-12-20(24)23(14-15)17-10-11-18(26-2)19(13-17)27-3/h5-11,13,15H,4,12,14H2,1-3H3. The lowest BCUT2D eigenvalue weighted by Gasteiger charge is -2.24. The van der Waals surface area contributed by atoms with Gasteiger partial charge in [0.2, 0.25) is 11.8 Å². The summed E-state index contributed by atoms with van der Waals surface area (Å²) < 4.78 is 10.6. The second-order valence-corrected chi connectivity index (χ2v) is 6.36. The zero-order valence-electron chi connectivity index (χ0n) is 15.8. The van der Waals surface area contributed by atoms with Crippen molar-refractivity contribution in [2.75, 3.05) is 37.1 Å². The van der Waals surface area contributed by atoms with Gasteiger partial charge in [0.1, 0.15) is 0 Å². The second kappa shape index (κ2) is 8.12. The van der Waals surface area contributed by atoms with E-state index in [0.29, 0.717) is 30.3 Å². The van der Waals surface area contributed by atoms with E-state index in [-0.39, 0.29) is 24.2 Å². The van der Waals surface area contributed by atoms with E-state index in [1.165, 1.54) is 0 Å². The molecule has 0 radical (unpaired) electrons. The van der Waals surface area contributed by atoms with Gasteiger partial charge in [-0.05, 0) is 31.2 Å². The van der Waals surface area contributed by atoms with Crippen molar-refractivity contribution >= 4 is 23.2 Å². The Labute approximate surface area is 159 Å². The van der Waals surface area contributed by atoms with Gasteiger partial charge in [-0.2, -0.15) is 0 Å². The topological polar surface area (TPSA) is 59.1 Å². The van der Waals surface area contributed by atoms with Gasteiger partial charge in [0.05, 0.1) is 20.1 Å². The SMILES string of the molecule is CCN(C(=O)C1CC(=O)N(c2ccc(OC)c(OC)c2)C1)c1ccccc1. The minimum Gasteiger partial charge on any atom is -0.493 e. The van der Waals surface area contributed by atoms with Crippen LogP contribution in [0.4, 0.5) is 11.4 Å². The highest BCUT2D eigenvalue weighted by Gasteiger charge is 2.37. The molecule has 1 aliphatic rings. The zero-order valence-corrected chi connectivity index (χ0v) is 15.8. The fourth-order valence-corrected chi connectivity index (χ4v) is 3.41. The third-order valence-electron chi connectivity index (χ3n) is 4.80. The minimum absolute atomic E-state index is 0.0278. The van der Waals surface area contributed by atoms with Crippen LogP contribution in [0.2, 0.25) is 0 Å². The van der Waals surface area contributed by atoms with E-state index < -0.39 is 0 Å². The van der Waals surface area contributed by atoms with Crippen LogP contribution in [0.25, 0.3) is 0 Å². The first-order chi connectivity index (χ1) is 13.1. The van der Waals surface area contributed by atoms with Gasteiger partial charge in [-0.25, -0.2) is 0 Å². The number of amides is 2. The predicted octanol–water partition coefficient (Wildman–Crippen LogP) is 3.11. The number of hydrogen-bond acceptors (Lipinski definition) is 4. The number of anilines is 2. The summed E-state index contributed by atoms with van der Waals surface area (Å²) in [6.07, 6.45) is 0.205. The largest absolute Gasteiger partial charge is 0.493 e. The number of rotatable bonds is 6. The maximum absolute atomic E-state index is 13.0. The molecule has 0 N–H and O–H groups in total. The van der Waals surface area contributed by atoms with Crippen molar-refractivity contribution in [3.63, 3.8) is 0 Å².